The number of carbonyl (C=O) groups excluding carboxylic acids is 1. The summed E-state index contributed by atoms with van der Waals surface area (Å²) in [4.78, 5) is 12.3. The van der Waals surface area contributed by atoms with Gasteiger partial charge in [0.15, 0.2) is 5.69 Å². The molecule has 116 valence electrons. The van der Waals surface area contributed by atoms with Crippen LogP contribution in [-0.2, 0) is 0 Å². The SMILES string of the molecule is CC(C)c1ccc(-n2cc(C(=O)c3cccc(F)c3)nn2)cc1. The average molecular weight is 309 g/mol. The normalized spacial score (nSPS) is 11.0. The summed E-state index contributed by atoms with van der Waals surface area (Å²) in [6.07, 6.45) is 1.55. The predicted octanol–water partition coefficient (Wildman–Crippen LogP) is 3.76. The smallest absolute Gasteiger partial charge is 0.215 e. The van der Waals surface area contributed by atoms with Crippen LogP contribution in [0.15, 0.2) is 54.7 Å². The molecule has 3 aromatic rings. The van der Waals surface area contributed by atoms with Gasteiger partial charge < -0.3 is 0 Å². The molecule has 4 nitrogen and oxygen atoms in total. The van der Waals surface area contributed by atoms with Crippen LogP contribution < -0.4 is 0 Å². The van der Waals surface area contributed by atoms with E-state index in [0.29, 0.717) is 5.92 Å². The molecule has 0 aliphatic heterocycles. The second kappa shape index (κ2) is 6.12. The van der Waals surface area contributed by atoms with Crippen molar-refractivity contribution in [2.24, 2.45) is 0 Å². The lowest BCUT2D eigenvalue weighted by Gasteiger charge is -2.06. The lowest BCUT2D eigenvalue weighted by Crippen LogP contribution is -2.02. The van der Waals surface area contributed by atoms with Crippen LogP contribution in [0.5, 0.6) is 0 Å². The zero-order valence-electron chi connectivity index (χ0n) is 12.9. The van der Waals surface area contributed by atoms with E-state index < -0.39 is 5.82 Å². The summed E-state index contributed by atoms with van der Waals surface area (Å²) in [6, 6.07) is 13.5. The predicted molar refractivity (Wildman–Crippen MR) is 85.3 cm³/mol. The Morgan fingerprint density at radius 3 is 2.52 bits per heavy atom. The third-order valence-corrected chi connectivity index (χ3v) is 3.64. The van der Waals surface area contributed by atoms with Crippen LogP contribution in [0.3, 0.4) is 0 Å². The summed E-state index contributed by atoms with van der Waals surface area (Å²) < 4.78 is 14.8. The zero-order chi connectivity index (χ0) is 16.4. The zero-order valence-corrected chi connectivity index (χ0v) is 12.9. The van der Waals surface area contributed by atoms with Gasteiger partial charge in [0, 0.05) is 5.56 Å². The lowest BCUT2D eigenvalue weighted by molar-refractivity contribution is 0.103. The Kier molecular flexibility index (Phi) is 4.02. The van der Waals surface area contributed by atoms with E-state index in [-0.39, 0.29) is 17.0 Å². The van der Waals surface area contributed by atoms with Crippen molar-refractivity contribution < 1.29 is 9.18 Å². The molecular weight excluding hydrogens is 293 g/mol. The standard InChI is InChI=1S/C18H16FN3O/c1-12(2)13-6-8-16(9-7-13)22-11-17(20-21-22)18(23)14-4-3-5-15(19)10-14/h3-12H,1-2H3. The Hall–Kier alpha value is -2.82. The second-order valence-corrected chi connectivity index (χ2v) is 5.63. The van der Waals surface area contributed by atoms with Gasteiger partial charge in [-0.25, -0.2) is 9.07 Å². The Labute approximate surface area is 133 Å². The molecule has 1 heterocycles. The maximum atomic E-state index is 13.2. The molecule has 0 saturated carbocycles. The van der Waals surface area contributed by atoms with Gasteiger partial charge in [-0.05, 0) is 35.7 Å². The first kappa shape index (κ1) is 15.1. The molecule has 0 spiro atoms. The molecule has 0 atom stereocenters. The van der Waals surface area contributed by atoms with Crippen molar-refractivity contribution in [1.29, 1.82) is 0 Å². The number of benzene rings is 2. The number of rotatable bonds is 4. The van der Waals surface area contributed by atoms with Gasteiger partial charge in [0.1, 0.15) is 5.82 Å². The largest absolute Gasteiger partial charge is 0.287 e. The van der Waals surface area contributed by atoms with Gasteiger partial charge >= 0.3 is 0 Å². The molecule has 0 saturated heterocycles. The lowest BCUT2D eigenvalue weighted by atomic mass is 10.0. The van der Waals surface area contributed by atoms with Gasteiger partial charge in [0.25, 0.3) is 0 Å². The van der Waals surface area contributed by atoms with Crippen molar-refractivity contribution >= 4 is 5.78 Å². The van der Waals surface area contributed by atoms with Gasteiger partial charge in [0.2, 0.25) is 5.78 Å². The maximum Gasteiger partial charge on any atom is 0.215 e. The van der Waals surface area contributed by atoms with E-state index in [1.807, 2.05) is 24.3 Å². The molecule has 1 aromatic heterocycles. The van der Waals surface area contributed by atoms with E-state index in [4.69, 9.17) is 0 Å². The van der Waals surface area contributed by atoms with Gasteiger partial charge in [-0.15, -0.1) is 5.10 Å². The number of hydrogen-bond acceptors (Lipinski definition) is 3. The van der Waals surface area contributed by atoms with Crippen LogP contribution in [0.25, 0.3) is 5.69 Å². The van der Waals surface area contributed by atoms with E-state index >= 15 is 0 Å². The first-order chi connectivity index (χ1) is 11.0. The number of ketones is 1. The average Bonchev–Trinajstić information content (AvgIpc) is 3.04. The molecule has 0 aliphatic rings. The number of nitrogens with zero attached hydrogens (tertiary/aromatic N) is 3. The monoisotopic (exact) mass is 309 g/mol. The van der Waals surface area contributed by atoms with Crippen molar-refractivity contribution in [1.82, 2.24) is 15.0 Å². The summed E-state index contributed by atoms with van der Waals surface area (Å²) in [5.74, 6) is -0.355. The van der Waals surface area contributed by atoms with Crippen molar-refractivity contribution in [2.75, 3.05) is 0 Å². The van der Waals surface area contributed by atoms with Crippen LogP contribution in [0.4, 0.5) is 4.39 Å². The first-order valence-corrected chi connectivity index (χ1v) is 7.37. The third-order valence-electron chi connectivity index (χ3n) is 3.64. The van der Waals surface area contributed by atoms with E-state index in [1.54, 1.807) is 12.3 Å². The fourth-order valence-corrected chi connectivity index (χ4v) is 2.28. The van der Waals surface area contributed by atoms with Crippen molar-refractivity contribution in [3.05, 3.63) is 77.4 Å². The quantitative estimate of drug-likeness (QED) is 0.689. The van der Waals surface area contributed by atoms with Crippen LogP contribution in [-0.4, -0.2) is 20.8 Å². The van der Waals surface area contributed by atoms with Crippen molar-refractivity contribution in [3.8, 4) is 5.69 Å². The molecule has 2 aromatic carbocycles. The number of hydrogen-bond donors (Lipinski definition) is 0. The van der Waals surface area contributed by atoms with Gasteiger partial charge in [-0.3, -0.25) is 4.79 Å². The highest BCUT2D eigenvalue weighted by atomic mass is 19.1. The molecular formula is C18H16FN3O. The molecule has 5 heteroatoms. The topological polar surface area (TPSA) is 47.8 Å². The van der Waals surface area contributed by atoms with Gasteiger partial charge in [-0.2, -0.15) is 0 Å². The van der Waals surface area contributed by atoms with Gasteiger partial charge in [-0.1, -0.05) is 43.3 Å². The molecule has 0 N–H and O–H groups in total. The number of aromatic nitrogens is 3. The molecule has 23 heavy (non-hydrogen) atoms. The highest BCUT2D eigenvalue weighted by molar-refractivity contribution is 6.07. The maximum absolute atomic E-state index is 13.2. The highest BCUT2D eigenvalue weighted by Crippen LogP contribution is 2.17. The number of halogens is 1. The van der Waals surface area contributed by atoms with E-state index in [9.17, 15) is 9.18 Å². The Morgan fingerprint density at radius 2 is 1.87 bits per heavy atom. The van der Waals surface area contributed by atoms with E-state index in [1.165, 1.54) is 28.4 Å². The van der Waals surface area contributed by atoms with Crippen LogP contribution >= 0.6 is 0 Å². The van der Waals surface area contributed by atoms with Crippen LogP contribution in [0.1, 0.15) is 41.4 Å². The summed E-state index contributed by atoms with van der Waals surface area (Å²) in [6.45, 7) is 4.25. The highest BCUT2D eigenvalue weighted by Gasteiger charge is 2.14. The first-order valence-electron chi connectivity index (χ1n) is 7.37. The Balaban J connectivity index is 1.86. The fourth-order valence-electron chi connectivity index (χ4n) is 2.28. The van der Waals surface area contributed by atoms with E-state index in [2.05, 4.69) is 24.2 Å². The molecule has 0 bridgehead atoms. The van der Waals surface area contributed by atoms with Gasteiger partial charge in [0.05, 0.1) is 11.9 Å². The molecule has 3 rings (SSSR count). The summed E-state index contributed by atoms with van der Waals surface area (Å²) in [5.41, 5.74) is 2.49. The van der Waals surface area contributed by atoms with Crippen LogP contribution in [0.2, 0.25) is 0 Å². The minimum Gasteiger partial charge on any atom is -0.287 e. The van der Waals surface area contributed by atoms with Crippen molar-refractivity contribution in [3.63, 3.8) is 0 Å². The summed E-state index contributed by atoms with van der Waals surface area (Å²) >= 11 is 0. The molecule has 0 amide bonds. The molecule has 0 aliphatic carbocycles. The summed E-state index contributed by atoms with van der Waals surface area (Å²) in [7, 11) is 0. The third kappa shape index (κ3) is 3.18. The Morgan fingerprint density at radius 1 is 1.13 bits per heavy atom. The number of carbonyl (C=O) groups is 1. The van der Waals surface area contributed by atoms with E-state index in [0.717, 1.165) is 5.69 Å². The molecule has 0 fully saturated rings. The van der Waals surface area contributed by atoms with Crippen LogP contribution in [0, 0.1) is 5.82 Å². The second-order valence-electron chi connectivity index (χ2n) is 5.63. The minimum atomic E-state index is -0.451. The fraction of sp³-hybridized carbons (Fsp3) is 0.167. The van der Waals surface area contributed by atoms with Crippen molar-refractivity contribution in [2.45, 2.75) is 19.8 Å². The molecule has 0 unspecified atom stereocenters. The summed E-state index contributed by atoms with van der Waals surface area (Å²) in [5, 5.41) is 7.88. The molecule has 0 radical (unpaired) electrons. The Bertz CT molecular complexity index is 837. The minimum absolute atomic E-state index is 0.184.